The average Bonchev–Trinajstić information content (AvgIpc) is 2.84. The number of hydrogen-bond acceptors (Lipinski definition) is 4. The van der Waals surface area contributed by atoms with Gasteiger partial charge in [-0.1, -0.05) is 6.07 Å². The van der Waals surface area contributed by atoms with Crippen LogP contribution in [0.1, 0.15) is 12.5 Å². The molecule has 0 radical (unpaired) electrons. The number of hydrogen-bond donors (Lipinski definition) is 1. The molecule has 0 aromatic heterocycles. The van der Waals surface area contributed by atoms with E-state index in [0.717, 1.165) is 5.56 Å². The van der Waals surface area contributed by atoms with E-state index in [-0.39, 0.29) is 6.79 Å². The van der Waals surface area contributed by atoms with Crippen LogP contribution in [0.5, 0.6) is 11.5 Å². The summed E-state index contributed by atoms with van der Waals surface area (Å²) in [5, 5.41) is 8.81. The first-order chi connectivity index (χ1) is 8.99. The molecular formula is C13H15NO5. The average molecular weight is 265 g/mol. The van der Waals surface area contributed by atoms with E-state index in [0.29, 0.717) is 18.0 Å². The van der Waals surface area contributed by atoms with E-state index in [1.807, 2.05) is 6.07 Å². The number of benzene rings is 1. The van der Waals surface area contributed by atoms with Crippen LogP contribution < -0.4 is 9.47 Å². The molecule has 1 unspecified atom stereocenters. The molecule has 1 aliphatic heterocycles. The predicted octanol–water partition coefficient (Wildman–Crippen LogP) is 1.09. The SMILES string of the molecule is CC(C(=O)O)C(=O)N(C)Cc1ccc2c(c1)OCO2. The highest BCUT2D eigenvalue weighted by Crippen LogP contribution is 2.32. The summed E-state index contributed by atoms with van der Waals surface area (Å²) < 4.78 is 10.4. The second-order valence-electron chi connectivity index (χ2n) is 4.44. The van der Waals surface area contributed by atoms with Crippen molar-refractivity contribution in [3.05, 3.63) is 23.8 Å². The Morgan fingerprint density at radius 3 is 2.74 bits per heavy atom. The molecule has 0 aliphatic carbocycles. The molecule has 1 aliphatic rings. The Kier molecular flexibility index (Phi) is 3.59. The first-order valence-corrected chi connectivity index (χ1v) is 5.85. The van der Waals surface area contributed by atoms with Crippen LogP contribution in [0.4, 0.5) is 0 Å². The van der Waals surface area contributed by atoms with E-state index >= 15 is 0 Å². The zero-order chi connectivity index (χ0) is 14.0. The zero-order valence-electron chi connectivity index (χ0n) is 10.8. The standard InChI is InChI=1S/C13H15NO5/c1-8(13(16)17)12(15)14(2)6-9-3-4-10-11(5-9)19-7-18-10/h3-5,8H,6-7H2,1-2H3,(H,16,17). The molecule has 1 amide bonds. The number of aliphatic carboxylic acids is 1. The van der Waals surface area contributed by atoms with E-state index in [2.05, 4.69) is 0 Å². The van der Waals surface area contributed by atoms with Gasteiger partial charge in [0.05, 0.1) is 0 Å². The van der Waals surface area contributed by atoms with E-state index in [4.69, 9.17) is 14.6 Å². The smallest absolute Gasteiger partial charge is 0.315 e. The van der Waals surface area contributed by atoms with Crippen molar-refractivity contribution in [3.8, 4) is 11.5 Å². The lowest BCUT2D eigenvalue weighted by Gasteiger charge is -2.19. The van der Waals surface area contributed by atoms with Crippen LogP contribution in [0.25, 0.3) is 0 Å². The van der Waals surface area contributed by atoms with Crippen molar-refractivity contribution in [2.24, 2.45) is 5.92 Å². The number of carbonyl (C=O) groups is 2. The van der Waals surface area contributed by atoms with Crippen molar-refractivity contribution in [2.45, 2.75) is 13.5 Å². The van der Waals surface area contributed by atoms with Gasteiger partial charge < -0.3 is 19.5 Å². The number of ether oxygens (including phenoxy) is 2. The lowest BCUT2D eigenvalue weighted by Crippen LogP contribution is -2.34. The minimum absolute atomic E-state index is 0.198. The molecule has 0 fully saturated rings. The lowest BCUT2D eigenvalue weighted by molar-refractivity contribution is -0.149. The molecule has 0 saturated heterocycles. The van der Waals surface area contributed by atoms with Crippen molar-refractivity contribution in [3.63, 3.8) is 0 Å². The fourth-order valence-corrected chi connectivity index (χ4v) is 1.83. The normalized spacial score (nSPS) is 14.0. The zero-order valence-corrected chi connectivity index (χ0v) is 10.8. The Balaban J connectivity index is 2.05. The molecule has 1 aromatic rings. The molecule has 102 valence electrons. The van der Waals surface area contributed by atoms with Gasteiger partial charge in [0.15, 0.2) is 11.5 Å². The summed E-state index contributed by atoms with van der Waals surface area (Å²) in [6, 6.07) is 5.39. The summed E-state index contributed by atoms with van der Waals surface area (Å²) in [5.74, 6) is -1.27. The van der Waals surface area contributed by atoms with Gasteiger partial charge in [-0.2, -0.15) is 0 Å². The number of carbonyl (C=O) groups excluding carboxylic acids is 1. The van der Waals surface area contributed by atoms with Gasteiger partial charge in [-0.15, -0.1) is 0 Å². The van der Waals surface area contributed by atoms with Crippen LogP contribution in [0, 0.1) is 5.92 Å². The van der Waals surface area contributed by atoms with Crippen molar-refractivity contribution in [2.75, 3.05) is 13.8 Å². The molecule has 0 spiro atoms. The molecule has 6 nitrogen and oxygen atoms in total. The topological polar surface area (TPSA) is 76.1 Å². The monoisotopic (exact) mass is 265 g/mol. The summed E-state index contributed by atoms with van der Waals surface area (Å²) in [5.41, 5.74) is 0.859. The van der Waals surface area contributed by atoms with Crippen LogP contribution in [-0.4, -0.2) is 35.7 Å². The number of rotatable bonds is 4. The van der Waals surface area contributed by atoms with E-state index in [9.17, 15) is 9.59 Å². The van der Waals surface area contributed by atoms with Gasteiger partial charge in [0.25, 0.3) is 0 Å². The number of carboxylic acids is 1. The maximum absolute atomic E-state index is 11.8. The Hall–Kier alpha value is -2.24. The summed E-state index contributed by atoms with van der Waals surface area (Å²) in [4.78, 5) is 24.0. The van der Waals surface area contributed by atoms with Crippen molar-refractivity contribution < 1.29 is 24.2 Å². The van der Waals surface area contributed by atoms with Gasteiger partial charge in [-0.25, -0.2) is 0 Å². The second-order valence-corrected chi connectivity index (χ2v) is 4.44. The van der Waals surface area contributed by atoms with Gasteiger partial charge in [-0.05, 0) is 24.6 Å². The maximum atomic E-state index is 11.8. The van der Waals surface area contributed by atoms with Crippen LogP contribution >= 0.6 is 0 Å². The first kappa shape index (κ1) is 13.2. The fraction of sp³-hybridized carbons (Fsp3) is 0.385. The summed E-state index contributed by atoms with van der Waals surface area (Å²) >= 11 is 0. The predicted molar refractivity (Wildman–Crippen MR) is 65.8 cm³/mol. The first-order valence-electron chi connectivity index (χ1n) is 5.85. The second kappa shape index (κ2) is 5.17. The quantitative estimate of drug-likeness (QED) is 0.825. The van der Waals surface area contributed by atoms with E-state index in [1.54, 1.807) is 19.2 Å². The Bertz CT molecular complexity index is 514. The Morgan fingerprint density at radius 2 is 2.05 bits per heavy atom. The number of carboxylic acid groups (broad SMARTS) is 1. The minimum atomic E-state index is -1.12. The van der Waals surface area contributed by atoms with Gasteiger partial charge >= 0.3 is 5.97 Å². The van der Waals surface area contributed by atoms with Crippen molar-refractivity contribution in [1.29, 1.82) is 0 Å². The van der Waals surface area contributed by atoms with Crippen molar-refractivity contribution in [1.82, 2.24) is 4.90 Å². The van der Waals surface area contributed by atoms with Crippen LogP contribution in [-0.2, 0) is 16.1 Å². The third-order valence-corrected chi connectivity index (χ3v) is 2.97. The number of fused-ring (bicyclic) bond motifs is 1. The van der Waals surface area contributed by atoms with Gasteiger partial charge in [0.1, 0.15) is 5.92 Å². The molecular weight excluding hydrogens is 250 g/mol. The minimum Gasteiger partial charge on any atom is -0.481 e. The van der Waals surface area contributed by atoms with Crippen LogP contribution in [0.2, 0.25) is 0 Å². The number of amides is 1. The van der Waals surface area contributed by atoms with E-state index in [1.165, 1.54) is 11.8 Å². The third-order valence-electron chi connectivity index (χ3n) is 2.97. The molecule has 1 atom stereocenters. The molecule has 1 N–H and O–H groups in total. The molecule has 1 heterocycles. The van der Waals surface area contributed by atoms with E-state index < -0.39 is 17.8 Å². The highest BCUT2D eigenvalue weighted by Gasteiger charge is 2.24. The molecule has 2 rings (SSSR count). The van der Waals surface area contributed by atoms with Crippen LogP contribution in [0.15, 0.2) is 18.2 Å². The van der Waals surface area contributed by atoms with Gasteiger partial charge in [0.2, 0.25) is 12.7 Å². The van der Waals surface area contributed by atoms with Gasteiger partial charge in [0, 0.05) is 13.6 Å². The molecule has 0 saturated carbocycles. The summed E-state index contributed by atoms with van der Waals surface area (Å²) in [6.45, 7) is 1.90. The highest BCUT2D eigenvalue weighted by atomic mass is 16.7. The molecule has 19 heavy (non-hydrogen) atoms. The Morgan fingerprint density at radius 1 is 1.37 bits per heavy atom. The summed E-state index contributed by atoms with van der Waals surface area (Å²) in [6.07, 6.45) is 0. The lowest BCUT2D eigenvalue weighted by atomic mass is 10.1. The number of nitrogens with zero attached hydrogens (tertiary/aromatic N) is 1. The maximum Gasteiger partial charge on any atom is 0.315 e. The third kappa shape index (κ3) is 2.78. The molecule has 1 aromatic carbocycles. The molecule has 0 bridgehead atoms. The largest absolute Gasteiger partial charge is 0.481 e. The van der Waals surface area contributed by atoms with Crippen molar-refractivity contribution >= 4 is 11.9 Å². The van der Waals surface area contributed by atoms with Gasteiger partial charge in [-0.3, -0.25) is 9.59 Å². The fourth-order valence-electron chi connectivity index (χ4n) is 1.83. The highest BCUT2D eigenvalue weighted by molar-refractivity contribution is 5.96. The molecule has 6 heteroatoms. The Labute approximate surface area is 110 Å². The van der Waals surface area contributed by atoms with Crippen LogP contribution in [0.3, 0.4) is 0 Å². The summed E-state index contributed by atoms with van der Waals surface area (Å²) in [7, 11) is 1.58.